The van der Waals surface area contributed by atoms with E-state index in [1.165, 1.54) is 12.1 Å². The fourth-order valence-electron chi connectivity index (χ4n) is 1.53. The van der Waals surface area contributed by atoms with Crippen molar-refractivity contribution >= 4 is 31.3 Å². The van der Waals surface area contributed by atoms with Crippen LogP contribution in [0.5, 0.6) is 5.75 Å². The molecule has 1 aromatic heterocycles. The highest BCUT2D eigenvalue weighted by atomic mass is 35.7. The van der Waals surface area contributed by atoms with Crippen molar-refractivity contribution < 1.29 is 13.5 Å². The summed E-state index contributed by atoms with van der Waals surface area (Å²) in [6.45, 7) is 0. The Morgan fingerprint density at radius 3 is 2.56 bits per heavy atom. The molecule has 0 saturated heterocycles. The molecule has 0 fully saturated rings. The van der Waals surface area contributed by atoms with Crippen LogP contribution in [0.4, 0.5) is 0 Å². The third-order valence-corrected chi connectivity index (χ3v) is 3.99. The molecular formula is C10H8Cl2N2O3S. The highest BCUT2D eigenvalue weighted by molar-refractivity contribution is 8.13. The van der Waals surface area contributed by atoms with Crippen molar-refractivity contribution in [1.29, 1.82) is 0 Å². The van der Waals surface area contributed by atoms with Gasteiger partial charge in [-0.3, -0.25) is 0 Å². The topological polar surface area (TPSA) is 72.2 Å². The molecule has 0 bridgehead atoms. The van der Waals surface area contributed by atoms with Gasteiger partial charge in [-0.2, -0.15) is 0 Å². The van der Waals surface area contributed by atoms with E-state index in [0.717, 1.165) is 0 Å². The fraction of sp³-hybridized carbons (Fsp3) is 0.100. The van der Waals surface area contributed by atoms with E-state index in [9.17, 15) is 13.5 Å². The van der Waals surface area contributed by atoms with E-state index in [0.29, 0.717) is 11.4 Å². The minimum atomic E-state index is -4.08. The number of hydrogen-bond acceptors (Lipinski definition) is 4. The van der Waals surface area contributed by atoms with Crippen molar-refractivity contribution in [2.75, 3.05) is 0 Å². The minimum Gasteiger partial charge on any atom is -0.505 e. The first-order valence-electron chi connectivity index (χ1n) is 4.75. The number of phenols is 1. The molecule has 1 N–H and O–H groups in total. The largest absolute Gasteiger partial charge is 0.505 e. The van der Waals surface area contributed by atoms with Crippen molar-refractivity contribution in [1.82, 2.24) is 9.55 Å². The number of hydrogen-bond donors (Lipinski definition) is 1. The molecular weight excluding hydrogens is 299 g/mol. The number of aromatic hydroxyl groups is 1. The third kappa shape index (κ3) is 2.31. The van der Waals surface area contributed by atoms with E-state index in [2.05, 4.69) is 4.98 Å². The lowest BCUT2D eigenvalue weighted by atomic mass is 10.2. The Labute approximate surface area is 113 Å². The second-order valence-corrected chi connectivity index (χ2v) is 6.55. The Morgan fingerprint density at radius 1 is 1.39 bits per heavy atom. The van der Waals surface area contributed by atoms with Gasteiger partial charge in [0.2, 0.25) is 0 Å². The van der Waals surface area contributed by atoms with Gasteiger partial charge >= 0.3 is 0 Å². The number of imidazole rings is 1. The summed E-state index contributed by atoms with van der Waals surface area (Å²) in [6.07, 6.45) is 3.26. The van der Waals surface area contributed by atoms with Crippen LogP contribution in [0.3, 0.4) is 0 Å². The Balaban J connectivity index is 2.74. The van der Waals surface area contributed by atoms with Crippen LogP contribution in [0.15, 0.2) is 29.4 Å². The zero-order valence-electron chi connectivity index (χ0n) is 9.13. The van der Waals surface area contributed by atoms with E-state index >= 15 is 0 Å². The number of aromatic nitrogens is 2. The van der Waals surface area contributed by atoms with Crippen molar-refractivity contribution in [2.45, 2.75) is 4.90 Å². The Bertz CT molecular complexity index is 710. The highest BCUT2D eigenvalue weighted by Crippen LogP contribution is 2.36. The molecule has 5 nitrogen and oxygen atoms in total. The molecule has 8 heteroatoms. The molecule has 0 aliphatic rings. The molecule has 0 amide bonds. The first-order chi connectivity index (χ1) is 8.30. The molecule has 0 spiro atoms. The van der Waals surface area contributed by atoms with Crippen molar-refractivity contribution in [3.05, 3.63) is 29.5 Å². The van der Waals surface area contributed by atoms with Crippen LogP contribution in [-0.4, -0.2) is 23.1 Å². The zero-order chi connectivity index (χ0) is 13.5. The van der Waals surface area contributed by atoms with Gasteiger partial charge in [0.1, 0.15) is 10.7 Å². The Morgan fingerprint density at radius 2 is 2.06 bits per heavy atom. The summed E-state index contributed by atoms with van der Waals surface area (Å²) in [4.78, 5) is 3.63. The summed E-state index contributed by atoms with van der Waals surface area (Å²) in [7, 11) is 2.90. The SMILES string of the molecule is Cn1ccnc1-c1cc(Cl)c(O)c(S(=O)(=O)Cl)c1. The normalized spacial score (nSPS) is 11.7. The molecule has 0 atom stereocenters. The molecule has 1 aromatic carbocycles. The van der Waals surface area contributed by atoms with Crippen LogP contribution in [0, 0.1) is 0 Å². The minimum absolute atomic E-state index is 0.102. The highest BCUT2D eigenvalue weighted by Gasteiger charge is 2.20. The number of benzene rings is 1. The molecule has 2 aromatic rings. The summed E-state index contributed by atoms with van der Waals surface area (Å²) in [5.41, 5.74) is 0.449. The van der Waals surface area contributed by atoms with Gasteiger partial charge in [-0.05, 0) is 12.1 Å². The monoisotopic (exact) mass is 306 g/mol. The van der Waals surface area contributed by atoms with Gasteiger partial charge in [-0.1, -0.05) is 11.6 Å². The summed E-state index contributed by atoms with van der Waals surface area (Å²) < 4.78 is 24.4. The Kier molecular flexibility index (Phi) is 3.27. The lowest BCUT2D eigenvalue weighted by Gasteiger charge is -2.07. The molecule has 18 heavy (non-hydrogen) atoms. The van der Waals surface area contributed by atoms with E-state index in [1.54, 1.807) is 24.0 Å². The quantitative estimate of drug-likeness (QED) is 0.865. The maximum absolute atomic E-state index is 11.3. The van der Waals surface area contributed by atoms with Crippen LogP contribution < -0.4 is 0 Å². The van der Waals surface area contributed by atoms with E-state index in [-0.39, 0.29) is 5.02 Å². The number of rotatable bonds is 2. The summed E-state index contributed by atoms with van der Waals surface area (Å²) in [5, 5.41) is 9.50. The predicted molar refractivity (Wildman–Crippen MR) is 68.4 cm³/mol. The molecule has 96 valence electrons. The fourth-order valence-corrected chi connectivity index (χ4v) is 2.77. The van der Waals surface area contributed by atoms with Gasteiger partial charge in [0, 0.05) is 35.7 Å². The van der Waals surface area contributed by atoms with Crippen molar-refractivity contribution in [3.63, 3.8) is 0 Å². The third-order valence-electron chi connectivity index (χ3n) is 2.37. The van der Waals surface area contributed by atoms with Crippen molar-refractivity contribution in [3.8, 4) is 17.1 Å². The van der Waals surface area contributed by atoms with Gasteiger partial charge in [0.25, 0.3) is 9.05 Å². The molecule has 0 aliphatic heterocycles. The van der Waals surface area contributed by atoms with Gasteiger partial charge in [0.05, 0.1) is 5.02 Å². The molecule has 0 unspecified atom stereocenters. The van der Waals surface area contributed by atoms with Crippen LogP contribution in [-0.2, 0) is 16.1 Å². The second kappa shape index (κ2) is 4.46. The van der Waals surface area contributed by atoms with Crippen molar-refractivity contribution in [2.24, 2.45) is 7.05 Å². The van der Waals surface area contributed by atoms with Crippen LogP contribution in [0.25, 0.3) is 11.4 Å². The summed E-state index contributed by atoms with van der Waals surface area (Å²) >= 11 is 5.78. The molecule has 0 saturated carbocycles. The van der Waals surface area contributed by atoms with Crippen LogP contribution in [0.1, 0.15) is 0 Å². The molecule has 0 radical (unpaired) electrons. The first kappa shape index (κ1) is 13.2. The zero-order valence-corrected chi connectivity index (χ0v) is 11.5. The van der Waals surface area contributed by atoms with E-state index in [4.69, 9.17) is 22.3 Å². The average Bonchev–Trinajstić information content (AvgIpc) is 2.66. The van der Waals surface area contributed by atoms with Gasteiger partial charge < -0.3 is 9.67 Å². The lowest BCUT2D eigenvalue weighted by Crippen LogP contribution is -1.96. The predicted octanol–water partition coefficient (Wildman–Crippen LogP) is 2.37. The number of halogens is 2. The Hall–Kier alpha value is -1.24. The maximum Gasteiger partial charge on any atom is 0.265 e. The second-order valence-electron chi connectivity index (χ2n) is 3.60. The average molecular weight is 307 g/mol. The molecule has 1 heterocycles. The molecule has 0 aliphatic carbocycles. The number of phenolic OH excluding ortho intramolecular Hbond substituents is 1. The molecule has 2 rings (SSSR count). The summed E-state index contributed by atoms with van der Waals surface area (Å²) in [5.74, 6) is -0.0527. The van der Waals surface area contributed by atoms with Gasteiger partial charge in [0.15, 0.2) is 5.75 Å². The van der Waals surface area contributed by atoms with Gasteiger partial charge in [-0.15, -0.1) is 0 Å². The number of aryl methyl sites for hydroxylation is 1. The van der Waals surface area contributed by atoms with E-state index in [1.807, 2.05) is 0 Å². The van der Waals surface area contributed by atoms with Crippen LogP contribution in [0.2, 0.25) is 5.02 Å². The van der Waals surface area contributed by atoms with E-state index < -0.39 is 19.7 Å². The summed E-state index contributed by atoms with van der Waals surface area (Å²) in [6, 6.07) is 2.65. The van der Waals surface area contributed by atoms with Crippen LogP contribution >= 0.6 is 22.3 Å². The lowest BCUT2D eigenvalue weighted by molar-refractivity contribution is 0.460. The first-order valence-corrected chi connectivity index (χ1v) is 7.44. The maximum atomic E-state index is 11.3. The smallest absolute Gasteiger partial charge is 0.265 e. The number of nitrogens with zero attached hydrogens (tertiary/aromatic N) is 2. The van der Waals surface area contributed by atoms with Gasteiger partial charge in [-0.25, -0.2) is 13.4 Å². The standard InChI is InChI=1S/C10H8Cl2N2O3S/c1-14-3-2-13-10(14)6-4-7(11)9(15)8(5-6)18(12,16)17/h2-5,15H,1H3.